The van der Waals surface area contributed by atoms with Gasteiger partial charge in [0.15, 0.2) is 11.5 Å². The molecule has 17 heavy (non-hydrogen) atoms. The molecule has 1 aromatic carbocycles. The van der Waals surface area contributed by atoms with Gasteiger partial charge in [0.25, 0.3) is 0 Å². The van der Waals surface area contributed by atoms with Crippen LogP contribution < -0.4 is 15.2 Å². The molecule has 0 aromatic heterocycles. The molecule has 1 atom stereocenters. The number of rotatable bonds is 4. The normalized spacial score (nSPS) is 20.1. The van der Waals surface area contributed by atoms with Crippen LogP contribution in [0.1, 0.15) is 17.9 Å². The van der Waals surface area contributed by atoms with Crippen LogP contribution in [-0.2, 0) is 4.74 Å². The van der Waals surface area contributed by atoms with Crippen LogP contribution >= 0.6 is 0 Å². The zero-order chi connectivity index (χ0) is 11.7. The van der Waals surface area contributed by atoms with Crippen LogP contribution in [0.25, 0.3) is 0 Å². The summed E-state index contributed by atoms with van der Waals surface area (Å²) in [5.41, 5.74) is 7.10. The van der Waals surface area contributed by atoms with Crippen molar-refractivity contribution >= 4 is 0 Å². The summed E-state index contributed by atoms with van der Waals surface area (Å²) < 4.78 is 15.9. The van der Waals surface area contributed by atoms with Crippen LogP contribution in [0.15, 0.2) is 18.2 Å². The van der Waals surface area contributed by atoms with Gasteiger partial charge in [-0.2, -0.15) is 0 Å². The number of fused-ring (bicyclic) bond motifs is 1. The fourth-order valence-electron chi connectivity index (χ4n) is 2.36. The van der Waals surface area contributed by atoms with E-state index in [9.17, 15) is 0 Å². The number of ether oxygens (including phenoxy) is 3. The molecule has 0 radical (unpaired) electrons. The van der Waals surface area contributed by atoms with E-state index in [1.165, 1.54) is 5.56 Å². The average molecular weight is 235 g/mol. The van der Waals surface area contributed by atoms with Crippen molar-refractivity contribution in [2.75, 3.05) is 26.6 Å². The standard InChI is InChI=1S/C13H17NO3/c14-5-11(3-9-6-15-7-9)10-1-2-12-13(4-10)17-8-16-12/h1-2,4,9,11H,3,5-8,14H2. The Hall–Kier alpha value is -1.26. The van der Waals surface area contributed by atoms with E-state index in [0.29, 0.717) is 25.2 Å². The van der Waals surface area contributed by atoms with Crippen LogP contribution in [0.3, 0.4) is 0 Å². The predicted molar refractivity (Wildman–Crippen MR) is 63.3 cm³/mol. The highest BCUT2D eigenvalue weighted by atomic mass is 16.7. The maximum Gasteiger partial charge on any atom is 0.231 e. The van der Waals surface area contributed by atoms with Crippen molar-refractivity contribution in [1.82, 2.24) is 0 Å². The van der Waals surface area contributed by atoms with Crippen LogP contribution in [-0.4, -0.2) is 26.6 Å². The zero-order valence-corrected chi connectivity index (χ0v) is 9.72. The van der Waals surface area contributed by atoms with Crippen molar-refractivity contribution in [2.24, 2.45) is 11.7 Å². The summed E-state index contributed by atoms with van der Waals surface area (Å²) in [4.78, 5) is 0. The molecule has 0 aliphatic carbocycles. The SMILES string of the molecule is NCC(CC1COC1)c1ccc2c(c1)OCO2. The summed E-state index contributed by atoms with van der Waals surface area (Å²) in [7, 11) is 0. The van der Waals surface area contributed by atoms with Gasteiger partial charge < -0.3 is 19.9 Å². The minimum atomic E-state index is 0.322. The number of nitrogens with two attached hydrogens (primary N) is 1. The lowest BCUT2D eigenvalue weighted by molar-refractivity contribution is -0.0382. The largest absolute Gasteiger partial charge is 0.454 e. The number of hydrogen-bond donors (Lipinski definition) is 1. The van der Waals surface area contributed by atoms with Gasteiger partial charge >= 0.3 is 0 Å². The lowest BCUT2D eigenvalue weighted by Crippen LogP contribution is -2.30. The molecule has 3 rings (SSSR count). The molecule has 92 valence electrons. The van der Waals surface area contributed by atoms with E-state index in [-0.39, 0.29) is 0 Å². The highest BCUT2D eigenvalue weighted by Crippen LogP contribution is 2.36. The van der Waals surface area contributed by atoms with Crippen molar-refractivity contribution < 1.29 is 14.2 Å². The van der Waals surface area contributed by atoms with Gasteiger partial charge in [0.1, 0.15) is 0 Å². The molecule has 1 aromatic rings. The molecule has 2 aliphatic heterocycles. The molecule has 0 bridgehead atoms. The number of benzene rings is 1. The molecule has 0 amide bonds. The van der Waals surface area contributed by atoms with Gasteiger partial charge in [0, 0.05) is 5.92 Å². The van der Waals surface area contributed by atoms with Gasteiger partial charge in [0.2, 0.25) is 6.79 Å². The highest BCUT2D eigenvalue weighted by molar-refractivity contribution is 5.45. The molecule has 1 fully saturated rings. The fraction of sp³-hybridized carbons (Fsp3) is 0.538. The first-order valence-electron chi connectivity index (χ1n) is 6.04. The Labute approximate surface area is 101 Å². The van der Waals surface area contributed by atoms with Crippen molar-refractivity contribution in [3.8, 4) is 11.5 Å². The molecule has 2 N–H and O–H groups in total. The van der Waals surface area contributed by atoms with E-state index in [1.807, 2.05) is 6.07 Å². The smallest absolute Gasteiger partial charge is 0.231 e. The topological polar surface area (TPSA) is 53.7 Å². The van der Waals surface area contributed by atoms with E-state index in [1.54, 1.807) is 0 Å². The lowest BCUT2D eigenvalue weighted by atomic mass is 9.88. The molecule has 1 saturated heterocycles. The van der Waals surface area contributed by atoms with E-state index in [2.05, 4.69) is 12.1 Å². The molecular weight excluding hydrogens is 218 g/mol. The molecule has 4 nitrogen and oxygen atoms in total. The second-order valence-corrected chi connectivity index (χ2v) is 4.68. The maximum absolute atomic E-state index is 5.86. The number of hydrogen-bond acceptors (Lipinski definition) is 4. The van der Waals surface area contributed by atoms with Gasteiger partial charge in [0.05, 0.1) is 13.2 Å². The Morgan fingerprint density at radius 1 is 1.24 bits per heavy atom. The Morgan fingerprint density at radius 3 is 2.76 bits per heavy atom. The van der Waals surface area contributed by atoms with Gasteiger partial charge in [-0.3, -0.25) is 0 Å². The van der Waals surface area contributed by atoms with Gasteiger partial charge in [-0.25, -0.2) is 0 Å². The first-order valence-corrected chi connectivity index (χ1v) is 6.04. The summed E-state index contributed by atoms with van der Waals surface area (Å²) >= 11 is 0. The average Bonchev–Trinajstić information content (AvgIpc) is 2.75. The summed E-state index contributed by atoms with van der Waals surface area (Å²) in [6.45, 7) is 2.74. The minimum Gasteiger partial charge on any atom is -0.454 e. The van der Waals surface area contributed by atoms with Crippen LogP contribution in [0.5, 0.6) is 11.5 Å². The van der Waals surface area contributed by atoms with Crippen LogP contribution in [0, 0.1) is 5.92 Å². The van der Waals surface area contributed by atoms with Crippen molar-refractivity contribution in [2.45, 2.75) is 12.3 Å². The molecule has 1 unspecified atom stereocenters. The minimum absolute atomic E-state index is 0.322. The van der Waals surface area contributed by atoms with E-state index in [0.717, 1.165) is 31.1 Å². The van der Waals surface area contributed by atoms with Crippen molar-refractivity contribution in [3.63, 3.8) is 0 Å². The summed E-state index contributed by atoms with van der Waals surface area (Å²) in [5, 5.41) is 0. The summed E-state index contributed by atoms with van der Waals surface area (Å²) in [5.74, 6) is 2.72. The lowest BCUT2D eigenvalue weighted by Gasteiger charge is -2.29. The zero-order valence-electron chi connectivity index (χ0n) is 9.72. The fourth-order valence-corrected chi connectivity index (χ4v) is 2.36. The highest BCUT2D eigenvalue weighted by Gasteiger charge is 2.24. The van der Waals surface area contributed by atoms with Gasteiger partial charge in [-0.05, 0) is 36.6 Å². The third-order valence-corrected chi connectivity index (χ3v) is 3.48. The second-order valence-electron chi connectivity index (χ2n) is 4.68. The predicted octanol–water partition coefficient (Wildman–Crippen LogP) is 1.49. The Morgan fingerprint density at radius 2 is 2.06 bits per heavy atom. The van der Waals surface area contributed by atoms with Crippen molar-refractivity contribution in [1.29, 1.82) is 0 Å². The third-order valence-electron chi connectivity index (χ3n) is 3.48. The molecule has 4 heteroatoms. The summed E-state index contributed by atoms with van der Waals surface area (Å²) in [6.07, 6.45) is 1.09. The van der Waals surface area contributed by atoms with E-state index in [4.69, 9.17) is 19.9 Å². The first-order chi connectivity index (χ1) is 8.36. The quantitative estimate of drug-likeness (QED) is 0.859. The summed E-state index contributed by atoms with van der Waals surface area (Å²) in [6, 6.07) is 6.11. The Bertz CT molecular complexity index is 404. The molecule has 0 spiro atoms. The monoisotopic (exact) mass is 235 g/mol. The van der Waals surface area contributed by atoms with E-state index >= 15 is 0 Å². The first kappa shape index (κ1) is 10.9. The van der Waals surface area contributed by atoms with Crippen LogP contribution in [0.2, 0.25) is 0 Å². The molecule has 0 saturated carbocycles. The van der Waals surface area contributed by atoms with E-state index < -0.39 is 0 Å². The second kappa shape index (κ2) is 4.55. The maximum atomic E-state index is 5.86. The van der Waals surface area contributed by atoms with Crippen molar-refractivity contribution in [3.05, 3.63) is 23.8 Å². The molecular formula is C13H17NO3. The molecule has 2 heterocycles. The van der Waals surface area contributed by atoms with Gasteiger partial charge in [-0.15, -0.1) is 0 Å². The van der Waals surface area contributed by atoms with Gasteiger partial charge in [-0.1, -0.05) is 6.07 Å². The Balaban J connectivity index is 1.76. The molecule has 2 aliphatic rings. The van der Waals surface area contributed by atoms with Crippen LogP contribution in [0.4, 0.5) is 0 Å². The third kappa shape index (κ3) is 2.10. The Kier molecular flexibility index (Phi) is 2.91.